The van der Waals surface area contributed by atoms with Crippen LogP contribution >= 0.6 is 23.2 Å². The number of carbonyl (C=O) groups is 1. The molecule has 0 saturated carbocycles. The second-order valence-electron chi connectivity index (χ2n) is 6.42. The fraction of sp³-hybridized carbons (Fsp3) is 0.0952. The van der Waals surface area contributed by atoms with Gasteiger partial charge in [0, 0.05) is 23.5 Å². The van der Waals surface area contributed by atoms with Crippen LogP contribution in [0.5, 0.6) is 11.5 Å². The minimum Gasteiger partial charge on any atom is -0.454 e. The van der Waals surface area contributed by atoms with Crippen LogP contribution in [0.2, 0.25) is 10.0 Å². The van der Waals surface area contributed by atoms with Crippen LogP contribution in [0.4, 0.5) is 15.8 Å². The van der Waals surface area contributed by atoms with Gasteiger partial charge in [-0.3, -0.25) is 4.79 Å². The number of ether oxygens (including phenoxy) is 1. The zero-order valence-corrected chi connectivity index (χ0v) is 16.1. The van der Waals surface area contributed by atoms with Crippen molar-refractivity contribution in [3.05, 3.63) is 81.6 Å². The average molecular weight is 417 g/mol. The summed E-state index contributed by atoms with van der Waals surface area (Å²) in [6.45, 7) is 0.447. The molecule has 7 heteroatoms. The Labute approximate surface area is 171 Å². The van der Waals surface area contributed by atoms with Crippen LogP contribution in [-0.4, -0.2) is 12.5 Å². The topological polar surface area (TPSA) is 55.6 Å². The zero-order valence-electron chi connectivity index (χ0n) is 14.6. The third kappa shape index (κ3) is 3.51. The second kappa shape index (κ2) is 7.34. The van der Waals surface area contributed by atoms with Gasteiger partial charge < -0.3 is 15.4 Å². The fourth-order valence-corrected chi connectivity index (χ4v) is 3.79. The summed E-state index contributed by atoms with van der Waals surface area (Å²) >= 11 is 12.3. The number of benzene rings is 3. The lowest BCUT2D eigenvalue weighted by Gasteiger charge is -2.29. The number of hydrogen-bond acceptors (Lipinski definition) is 3. The first-order valence-corrected chi connectivity index (χ1v) is 9.31. The van der Waals surface area contributed by atoms with E-state index < -0.39 is 0 Å². The van der Waals surface area contributed by atoms with Gasteiger partial charge in [-0.15, -0.1) is 0 Å². The molecule has 1 amide bonds. The van der Waals surface area contributed by atoms with Crippen LogP contribution < -0.4 is 15.4 Å². The SMILES string of the molecule is Nc1cc(Cl)c(Oc2ccc3c(c2)CCN(c2cccc(F)c2)C3=O)c(Cl)c1. The van der Waals surface area contributed by atoms with Gasteiger partial charge in [-0.1, -0.05) is 29.3 Å². The van der Waals surface area contributed by atoms with Gasteiger partial charge in [0.2, 0.25) is 0 Å². The van der Waals surface area contributed by atoms with E-state index in [1.54, 1.807) is 47.4 Å². The molecule has 0 aliphatic carbocycles. The molecule has 28 heavy (non-hydrogen) atoms. The number of amides is 1. The highest BCUT2D eigenvalue weighted by atomic mass is 35.5. The number of nitrogens with two attached hydrogens (primary N) is 1. The number of nitrogens with zero attached hydrogens (tertiary/aromatic N) is 1. The van der Waals surface area contributed by atoms with E-state index in [1.807, 2.05) is 0 Å². The first kappa shape index (κ1) is 18.6. The molecule has 1 aliphatic heterocycles. The molecular formula is C21H15Cl2FN2O2. The van der Waals surface area contributed by atoms with Crippen molar-refractivity contribution < 1.29 is 13.9 Å². The molecule has 0 radical (unpaired) electrons. The normalized spacial score (nSPS) is 13.4. The van der Waals surface area contributed by atoms with Gasteiger partial charge >= 0.3 is 0 Å². The summed E-state index contributed by atoms with van der Waals surface area (Å²) in [5, 5.41) is 0.604. The minimum absolute atomic E-state index is 0.179. The highest BCUT2D eigenvalue weighted by Crippen LogP contribution is 2.39. The van der Waals surface area contributed by atoms with Gasteiger partial charge in [0.25, 0.3) is 5.91 Å². The summed E-state index contributed by atoms with van der Waals surface area (Å²) in [6.07, 6.45) is 0.609. The quantitative estimate of drug-likeness (QED) is 0.556. The number of anilines is 2. The molecule has 3 aromatic carbocycles. The van der Waals surface area contributed by atoms with Crippen LogP contribution in [0.15, 0.2) is 54.6 Å². The molecule has 0 spiro atoms. The average Bonchev–Trinajstić information content (AvgIpc) is 2.65. The lowest BCUT2D eigenvalue weighted by molar-refractivity contribution is 0.0980. The van der Waals surface area contributed by atoms with Crippen molar-refractivity contribution >= 4 is 40.5 Å². The predicted octanol–water partition coefficient (Wildman–Crippen LogP) is 5.71. The first-order valence-electron chi connectivity index (χ1n) is 8.55. The van der Waals surface area contributed by atoms with Gasteiger partial charge in [0.15, 0.2) is 5.75 Å². The molecule has 0 aromatic heterocycles. The van der Waals surface area contributed by atoms with E-state index in [-0.39, 0.29) is 11.7 Å². The maximum absolute atomic E-state index is 13.5. The van der Waals surface area contributed by atoms with Gasteiger partial charge in [0.05, 0.1) is 10.0 Å². The predicted molar refractivity (Wildman–Crippen MR) is 109 cm³/mol. The van der Waals surface area contributed by atoms with Crippen molar-refractivity contribution in [2.24, 2.45) is 0 Å². The van der Waals surface area contributed by atoms with E-state index in [0.29, 0.717) is 51.4 Å². The minimum atomic E-state index is -0.378. The molecule has 3 aromatic rings. The maximum Gasteiger partial charge on any atom is 0.258 e. The molecule has 0 bridgehead atoms. The van der Waals surface area contributed by atoms with E-state index in [9.17, 15) is 9.18 Å². The lowest BCUT2D eigenvalue weighted by Crippen LogP contribution is -2.37. The van der Waals surface area contributed by atoms with Crippen LogP contribution in [0.1, 0.15) is 15.9 Å². The van der Waals surface area contributed by atoms with E-state index in [1.165, 1.54) is 12.1 Å². The summed E-state index contributed by atoms with van der Waals surface area (Å²) in [5.74, 6) is 0.263. The molecule has 2 N–H and O–H groups in total. The molecule has 1 heterocycles. The van der Waals surface area contributed by atoms with Crippen molar-refractivity contribution in [2.75, 3.05) is 17.2 Å². The maximum atomic E-state index is 13.5. The zero-order chi connectivity index (χ0) is 19.8. The molecule has 0 atom stereocenters. The Morgan fingerprint density at radius 3 is 2.50 bits per heavy atom. The number of nitrogen functional groups attached to an aromatic ring is 1. The number of halogens is 3. The third-order valence-electron chi connectivity index (χ3n) is 4.52. The molecule has 0 unspecified atom stereocenters. The molecule has 4 nitrogen and oxygen atoms in total. The van der Waals surface area contributed by atoms with Crippen LogP contribution in [0.3, 0.4) is 0 Å². The Kier molecular flexibility index (Phi) is 4.87. The fourth-order valence-electron chi connectivity index (χ4n) is 3.21. The Hall–Kier alpha value is -2.76. The van der Waals surface area contributed by atoms with Crippen molar-refractivity contribution in [3.63, 3.8) is 0 Å². The van der Waals surface area contributed by atoms with Gasteiger partial charge in [-0.05, 0) is 60.5 Å². The van der Waals surface area contributed by atoms with Crippen molar-refractivity contribution in [3.8, 4) is 11.5 Å². The summed E-state index contributed by atoms with van der Waals surface area (Å²) in [6, 6.07) is 14.3. The molecule has 4 rings (SSSR count). The van der Waals surface area contributed by atoms with Crippen molar-refractivity contribution in [1.29, 1.82) is 0 Å². The Bertz CT molecular complexity index is 1060. The first-order chi connectivity index (χ1) is 13.4. The van der Waals surface area contributed by atoms with E-state index in [2.05, 4.69) is 0 Å². The Morgan fingerprint density at radius 1 is 1.04 bits per heavy atom. The summed E-state index contributed by atoms with van der Waals surface area (Å²) in [5.41, 5.74) is 8.09. The Balaban J connectivity index is 1.62. The molecular weight excluding hydrogens is 402 g/mol. The highest BCUT2D eigenvalue weighted by molar-refractivity contribution is 6.37. The number of fused-ring (bicyclic) bond motifs is 1. The number of rotatable bonds is 3. The van der Waals surface area contributed by atoms with E-state index in [4.69, 9.17) is 33.7 Å². The van der Waals surface area contributed by atoms with Gasteiger partial charge in [-0.25, -0.2) is 4.39 Å². The molecule has 0 saturated heterocycles. The third-order valence-corrected chi connectivity index (χ3v) is 5.08. The van der Waals surface area contributed by atoms with Gasteiger partial charge in [0.1, 0.15) is 11.6 Å². The van der Waals surface area contributed by atoms with Gasteiger partial charge in [-0.2, -0.15) is 0 Å². The van der Waals surface area contributed by atoms with Crippen molar-refractivity contribution in [1.82, 2.24) is 0 Å². The van der Waals surface area contributed by atoms with Crippen LogP contribution in [0, 0.1) is 5.82 Å². The molecule has 0 fully saturated rings. The number of carbonyl (C=O) groups excluding carboxylic acids is 1. The van der Waals surface area contributed by atoms with Crippen LogP contribution in [0.25, 0.3) is 0 Å². The smallest absolute Gasteiger partial charge is 0.258 e. The second-order valence-corrected chi connectivity index (χ2v) is 7.24. The summed E-state index contributed by atoms with van der Waals surface area (Å²) in [7, 11) is 0. The largest absolute Gasteiger partial charge is 0.454 e. The Morgan fingerprint density at radius 2 is 1.79 bits per heavy atom. The summed E-state index contributed by atoms with van der Waals surface area (Å²) < 4.78 is 19.3. The van der Waals surface area contributed by atoms with Crippen LogP contribution in [-0.2, 0) is 6.42 Å². The van der Waals surface area contributed by atoms with E-state index in [0.717, 1.165) is 5.56 Å². The van der Waals surface area contributed by atoms with E-state index >= 15 is 0 Å². The standard InChI is InChI=1S/C21H15Cl2FN2O2/c22-18-10-14(25)11-19(23)20(18)28-16-4-5-17-12(8-16)6-7-26(21(17)27)15-3-1-2-13(24)9-15/h1-5,8-11H,6-7,25H2. The molecule has 142 valence electrons. The monoisotopic (exact) mass is 416 g/mol. The molecule has 1 aliphatic rings. The van der Waals surface area contributed by atoms with Crippen molar-refractivity contribution in [2.45, 2.75) is 6.42 Å². The summed E-state index contributed by atoms with van der Waals surface area (Å²) in [4.78, 5) is 14.4. The highest BCUT2D eigenvalue weighted by Gasteiger charge is 2.26. The number of hydrogen-bond donors (Lipinski definition) is 1. The lowest BCUT2D eigenvalue weighted by atomic mass is 9.98.